The van der Waals surface area contributed by atoms with E-state index in [4.69, 9.17) is 16.6 Å². The molecule has 2 aromatic carbocycles. The first kappa shape index (κ1) is 26.0. The molecule has 0 unspecified atom stereocenters. The van der Waals surface area contributed by atoms with Gasteiger partial charge in [-0.05, 0) is 87.8 Å². The van der Waals surface area contributed by atoms with Crippen LogP contribution in [0.1, 0.15) is 46.1 Å². The number of rotatable bonds is 8. The molecule has 2 aliphatic heterocycles. The summed E-state index contributed by atoms with van der Waals surface area (Å²) in [5.41, 5.74) is 4.29. The summed E-state index contributed by atoms with van der Waals surface area (Å²) in [6.07, 6.45) is 1.96. The number of benzene rings is 2. The molecule has 0 N–H and O–H groups in total. The lowest BCUT2D eigenvalue weighted by Gasteiger charge is -2.22. The van der Waals surface area contributed by atoms with E-state index in [-0.39, 0.29) is 5.91 Å². The summed E-state index contributed by atoms with van der Waals surface area (Å²) in [5, 5.41) is 2.44. The second kappa shape index (κ2) is 11.3. The van der Waals surface area contributed by atoms with Crippen LogP contribution in [0.15, 0.2) is 56.2 Å². The van der Waals surface area contributed by atoms with Crippen molar-refractivity contribution in [3.05, 3.63) is 56.9 Å². The molecule has 0 aromatic heterocycles. The molecular formula is C27H33ClN4OS2. The average Bonchev–Trinajstić information content (AvgIpc) is 3.36. The summed E-state index contributed by atoms with van der Waals surface area (Å²) in [5.74, 6) is 0.0412. The third-order valence-corrected chi connectivity index (χ3v) is 8.91. The van der Waals surface area contributed by atoms with Crippen molar-refractivity contribution in [1.82, 2.24) is 4.90 Å². The zero-order valence-electron chi connectivity index (χ0n) is 21.1. The lowest BCUT2D eigenvalue weighted by atomic mass is 10.1. The highest BCUT2D eigenvalue weighted by molar-refractivity contribution is 8.19. The van der Waals surface area contributed by atoms with E-state index >= 15 is 0 Å². The number of carbonyl (C=O) groups is 1. The number of amides is 1. The summed E-state index contributed by atoms with van der Waals surface area (Å²) in [6.45, 7) is 14.0. The molecule has 2 aliphatic rings. The molecule has 1 amide bonds. The molecule has 4 rings (SSSR count). The van der Waals surface area contributed by atoms with Crippen LogP contribution in [-0.4, -0.2) is 42.2 Å². The molecule has 1 fully saturated rings. The monoisotopic (exact) mass is 528 g/mol. The fourth-order valence-electron chi connectivity index (χ4n) is 4.32. The maximum Gasteiger partial charge on any atom is 0.269 e. The molecule has 8 heteroatoms. The largest absolute Gasteiger partial charge is 0.372 e. The van der Waals surface area contributed by atoms with Crippen molar-refractivity contribution in [2.24, 2.45) is 4.99 Å². The van der Waals surface area contributed by atoms with Gasteiger partial charge in [0.1, 0.15) is 9.93 Å². The quantitative estimate of drug-likeness (QED) is 0.329. The summed E-state index contributed by atoms with van der Waals surface area (Å²) in [7, 11) is 0. The highest BCUT2D eigenvalue weighted by Crippen LogP contribution is 2.51. The fraction of sp³-hybridized carbons (Fsp3) is 0.407. The third kappa shape index (κ3) is 5.23. The molecule has 35 heavy (non-hydrogen) atoms. The molecule has 186 valence electrons. The number of hydrogen-bond acceptors (Lipinski definition) is 6. The Balaban J connectivity index is 1.72. The van der Waals surface area contributed by atoms with E-state index in [1.165, 1.54) is 17.4 Å². The van der Waals surface area contributed by atoms with Gasteiger partial charge in [0.25, 0.3) is 5.91 Å². The van der Waals surface area contributed by atoms with Crippen LogP contribution < -0.4 is 9.80 Å². The van der Waals surface area contributed by atoms with Gasteiger partial charge in [0.05, 0.1) is 11.4 Å². The van der Waals surface area contributed by atoms with Crippen LogP contribution in [0.3, 0.4) is 0 Å². The van der Waals surface area contributed by atoms with Crippen LogP contribution in [0.4, 0.5) is 17.1 Å². The predicted octanol–water partition coefficient (Wildman–Crippen LogP) is 7.66. The van der Waals surface area contributed by atoms with E-state index in [1.807, 2.05) is 23.1 Å². The minimum absolute atomic E-state index is 0.0412. The zero-order chi connectivity index (χ0) is 25.1. The van der Waals surface area contributed by atoms with Crippen molar-refractivity contribution in [3.8, 4) is 0 Å². The van der Waals surface area contributed by atoms with E-state index in [2.05, 4.69) is 62.6 Å². The highest BCUT2D eigenvalue weighted by Gasteiger charge is 2.39. The van der Waals surface area contributed by atoms with E-state index in [0.717, 1.165) is 69.4 Å². The lowest BCUT2D eigenvalue weighted by molar-refractivity contribution is -0.122. The van der Waals surface area contributed by atoms with Gasteiger partial charge in [0.15, 0.2) is 5.17 Å². The molecule has 0 radical (unpaired) electrons. The van der Waals surface area contributed by atoms with Gasteiger partial charge in [0, 0.05) is 41.8 Å². The lowest BCUT2D eigenvalue weighted by Crippen LogP contribution is -2.30. The van der Waals surface area contributed by atoms with Gasteiger partial charge in [-0.1, -0.05) is 36.7 Å². The third-order valence-electron chi connectivity index (χ3n) is 6.30. The molecule has 0 spiro atoms. The van der Waals surface area contributed by atoms with Crippen LogP contribution in [0.2, 0.25) is 5.02 Å². The Labute approximate surface area is 222 Å². The summed E-state index contributed by atoms with van der Waals surface area (Å²) in [4.78, 5) is 26.9. The van der Waals surface area contributed by atoms with E-state index in [1.54, 1.807) is 11.8 Å². The zero-order valence-corrected chi connectivity index (χ0v) is 23.5. The number of halogens is 1. The number of hydrogen-bond donors (Lipinski definition) is 0. The van der Waals surface area contributed by atoms with E-state index in [0.29, 0.717) is 11.6 Å². The predicted molar refractivity (Wildman–Crippen MR) is 153 cm³/mol. The molecule has 5 nitrogen and oxygen atoms in total. The summed E-state index contributed by atoms with van der Waals surface area (Å²) < 4.78 is 0. The standard InChI is InChI=1S/C27H33ClN4OS2/c1-6-10-15-32-25(33)24(26-31(9-4)22-17-19(28)11-14-23(22)34-26)35-27(32)29-21-13-12-20(16-18(21)5)30(7-2)8-3/h11-14,16-17H,6-10,15H2,1-5H3. The number of amidine groups is 1. The Hall–Kier alpha value is -2.09. The number of anilines is 2. The maximum atomic E-state index is 13.7. The van der Waals surface area contributed by atoms with E-state index in [9.17, 15) is 4.79 Å². The van der Waals surface area contributed by atoms with Gasteiger partial charge in [-0.15, -0.1) is 0 Å². The Morgan fingerprint density at radius 3 is 2.43 bits per heavy atom. The molecule has 0 saturated carbocycles. The van der Waals surface area contributed by atoms with Gasteiger partial charge >= 0.3 is 0 Å². The molecule has 2 aromatic rings. The SMILES string of the molecule is CCCCN1C(=O)C(=C2Sc3ccc(Cl)cc3N2CC)SC1=Nc1ccc(N(CC)CC)cc1C. The van der Waals surface area contributed by atoms with Crippen LogP contribution >= 0.6 is 35.1 Å². The molecule has 1 saturated heterocycles. The number of nitrogens with zero attached hydrogens (tertiary/aromatic N) is 4. The highest BCUT2D eigenvalue weighted by atomic mass is 35.5. The molecule has 0 aliphatic carbocycles. The minimum atomic E-state index is 0.0412. The Morgan fingerprint density at radius 1 is 1.00 bits per heavy atom. The first-order valence-corrected chi connectivity index (χ1v) is 14.4. The van der Waals surface area contributed by atoms with Crippen LogP contribution in [-0.2, 0) is 4.79 Å². The fourth-order valence-corrected chi connectivity index (χ4v) is 6.88. The van der Waals surface area contributed by atoms with Crippen molar-refractivity contribution in [2.45, 2.75) is 52.4 Å². The van der Waals surface area contributed by atoms with Crippen molar-refractivity contribution in [3.63, 3.8) is 0 Å². The normalized spacial score (nSPS) is 18.7. The topological polar surface area (TPSA) is 39.2 Å². The Morgan fingerprint density at radius 2 is 1.77 bits per heavy atom. The second-order valence-corrected chi connectivity index (χ2v) is 11.0. The van der Waals surface area contributed by atoms with Gasteiger partial charge in [-0.3, -0.25) is 9.69 Å². The molecular weight excluding hydrogens is 496 g/mol. The van der Waals surface area contributed by atoms with E-state index < -0.39 is 0 Å². The average molecular weight is 529 g/mol. The van der Waals surface area contributed by atoms with Crippen LogP contribution in [0.25, 0.3) is 0 Å². The van der Waals surface area contributed by atoms with Crippen molar-refractivity contribution in [1.29, 1.82) is 0 Å². The number of thioether (sulfide) groups is 2. The summed E-state index contributed by atoms with van der Waals surface area (Å²) >= 11 is 9.42. The van der Waals surface area contributed by atoms with Gasteiger partial charge in [0.2, 0.25) is 0 Å². The van der Waals surface area contributed by atoms with Crippen molar-refractivity contribution < 1.29 is 4.79 Å². The number of aliphatic imine (C=N–C) groups is 1. The Kier molecular flexibility index (Phi) is 8.40. The van der Waals surface area contributed by atoms with Gasteiger partial charge < -0.3 is 9.80 Å². The molecule has 0 bridgehead atoms. The minimum Gasteiger partial charge on any atom is -0.372 e. The molecule has 2 heterocycles. The summed E-state index contributed by atoms with van der Waals surface area (Å²) in [6, 6.07) is 12.3. The van der Waals surface area contributed by atoms with Gasteiger partial charge in [-0.2, -0.15) is 0 Å². The first-order valence-electron chi connectivity index (χ1n) is 12.3. The van der Waals surface area contributed by atoms with Crippen LogP contribution in [0.5, 0.6) is 0 Å². The number of unbranched alkanes of at least 4 members (excludes halogenated alkanes) is 1. The van der Waals surface area contributed by atoms with Crippen molar-refractivity contribution in [2.75, 3.05) is 36.0 Å². The van der Waals surface area contributed by atoms with Crippen LogP contribution in [0, 0.1) is 6.92 Å². The van der Waals surface area contributed by atoms with Crippen molar-refractivity contribution >= 4 is 63.3 Å². The second-order valence-electron chi connectivity index (χ2n) is 8.54. The van der Waals surface area contributed by atoms with Gasteiger partial charge in [-0.25, -0.2) is 4.99 Å². The maximum absolute atomic E-state index is 13.7. The smallest absolute Gasteiger partial charge is 0.269 e. The number of carbonyl (C=O) groups excluding carboxylic acids is 1. The number of aryl methyl sites for hydroxylation is 1. The molecule has 0 atom stereocenters. The first-order chi connectivity index (χ1) is 16.9. The Bertz CT molecular complexity index is 1180. The number of fused-ring (bicyclic) bond motifs is 1.